The van der Waals surface area contributed by atoms with Gasteiger partial charge in [0.15, 0.2) is 0 Å². The Morgan fingerprint density at radius 2 is 1.45 bits per heavy atom. The molecule has 1 aromatic rings. The quantitative estimate of drug-likeness (QED) is 0.592. The van der Waals surface area contributed by atoms with Crippen molar-refractivity contribution in [2.75, 3.05) is 54.4 Å². The van der Waals surface area contributed by atoms with Gasteiger partial charge in [-0.15, -0.1) is 11.3 Å². The monoisotopic (exact) mass is 411 g/mol. The topological polar surface area (TPSA) is 43.9 Å². The lowest BCUT2D eigenvalue weighted by Gasteiger charge is -2.23. The summed E-state index contributed by atoms with van der Waals surface area (Å²) in [6, 6.07) is 3.46. The normalized spacial score (nSPS) is 12.7. The predicted octanol–water partition coefficient (Wildman–Crippen LogP) is 2.40. The lowest BCUT2D eigenvalue weighted by atomic mass is 10.3. The Morgan fingerprint density at radius 3 is 1.82 bits per heavy atom. The van der Waals surface area contributed by atoms with Gasteiger partial charge in [0.05, 0.1) is 3.79 Å². The molecule has 0 aliphatic carbocycles. The van der Waals surface area contributed by atoms with Crippen molar-refractivity contribution in [2.24, 2.45) is 0 Å². The van der Waals surface area contributed by atoms with Crippen LogP contribution in [0.4, 0.5) is 0 Å². The third-order valence-corrected chi connectivity index (χ3v) is 7.16. The maximum absolute atomic E-state index is 12.8. The summed E-state index contributed by atoms with van der Waals surface area (Å²) >= 11 is 4.61. The minimum atomic E-state index is -3.39. The van der Waals surface area contributed by atoms with E-state index in [2.05, 4.69) is 25.7 Å². The van der Waals surface area contributed by atoms with Crippen molar-refractivity contribution in [3.8, 4) is 0 Å². The van der Waals surface area contributed by atoms with Crippen molar-refractivity contribution in [1.29, 1.82) is 0 Å². The van der Waals surface area contributed by atoms with Crippen molar-refractivity contribution in [2.45, 2.75) is 17.1 Å². The minimum Gasteiger partial charge on any atom is -0.309 e. The molecule has 5 nitrogen and oxygen atoms in total. The lowest BCUT2D eigenvalue weighted by Crippen LogP contribution is -2.35. The third-order valence-electron chi connectivity index (χ3n) is 3.17. The molecular formula is C14H26BrN3O2S2. The summed E-state index contributed by atoms with van der Waals surface area (Å²) in [4.78, 5) is 4.15. The van der Waals surface area contributed by atoms with Gasteiger partial charge in [-0.2, -0.15) is 4.31 Å². The van der Waals surface area contributed by atoms with Crippen molar-refractivity contribution < 1.29 is 8.42 Å². The Morgan fingerprint density at radius 1 is 0.955 bits per heavy atom. The molecule has 0 saturated carbocycles. The highest BCUT2D eigenvalue weighted by Gasteiger charge is 2.25. The SMILES string of the molecule is CN(C)CCCN(CCCN(C)C)S(=O)(=O)c1ccc(Br)s1. The Balaban J connectivity index is 2.78. The number of sulfonamides is 1. The van der Waals surface area contributed by atoms with Gasteiger partial charge < -0.3 is 9.80 Å². The van der Waals surface area contributed by atoms with Crippen LogP contribution in [-0.4, -0.2) is 76.9 Å². The number of hydrogen-bond donors (Lipinski definition) is 0. The van der Waals surface area contributed by atoms with Crippen LogP contribution in [0, 0.1) is 0 Å². The Bertz CT molecular complexity index is 530. The van der Waals surface area contributed by atoms with Crippen molar-refractivity contribution in [1.82, 2.24) is 14.1 Å². The zero-order chi connectivity index (χ0) is 16.8. The van der Waals surface area contributed by atoms with Gasteiger partial charge in [-0.3, -0.25) is 0 Å². The van der Waals surface area contributed by atoms with Crippen LogP contribution in [0.1, 0.15) is 12.8 Å². The standard InChI is InChI=1S/C14H26BrN3O2S2/c1-16(2)9-5-11-18(12-6-10-17(3)4)22(19,20)14-8-7-13(15)21-14/h7-8H,5-6,9-12H2,1-4H3. The summed E-state index contributed by atoms with van der Waals surface area (Å²) in [5, 5.41) is 0. The molecule has 0 fully saturated rings. The predicted molar refractivity (Wildman–Crippen MR) is 97.1 cm³/mol. The minimum absolute atomic E-state index is 0.411. The number of halogens is 1. The van der Waals surface area contributed by atoms with Crippen LogP contribution in [0.25, 0.3) is 0 Å². The smallest absolute Gasteiger partial charge is 0.252 e. The molecule has 8 heteroatoms. The first-order chi connectivity index (χ1) is 10.2. The maximum atomic E-state index is 12.8. The molecule has 0 N–H and O–H groups in total. The zero-order valence-corrected chi connectivity index (χ0v) is 17.0. The average Bonchev–Trinajstić information content (AvgIpc) is 2.83. The van der Waals surface area contributed by atoms with E-state index in [0.29, 0.717) is 17.3 Å². The van der Waals surface area contributed by atoms with Crippen LogP contribution >= 0.6 is 27.3 Å². The van der Waals surface area contributed by atoms with Crippen LogP contribution in [0.3, 0.4) is 0 Å². The molecule has 0 atom stereocenters. The van der Waals surface area contributed by atoms with Gasteiger partial charge in [0.2, 0.25) is 0 Å². The van der Waals surface area contributed by atoms with Gasteiger partial charge in [-0.25, -0.2) is 8.42 Å². The average molecular weight is 412 g/mol. The van der Waals surface area contributed by atoms with Crippen molar-refractivity contribution >= 4 is 37.3 Å². The van der Waals surface area contributed by atoms with E-state index in [4.69, 9.17) is 0 Å². The molecule has 1 aromatic heterocycles. The van der Waals surface area contributed by atoms with Crippen molar-refractivity contribution in [3.63, 3.8) is 0 Å². The van der Waals surface area contributed by atoms with Gasteiger partial charge in [0.1, 0.15) is 4.21 Å². The summed E-state index contributed by atoms with van der Waals surface area (Å²) in [6.07, 6.45) is 1.67. The van der Waals surface area contributed by atoms with E-state index in [0.717, 1.165) is 29.7 Å². The largest absolute Gasteiger partial charge is 0.309 e. The highest BCUT2D eigenvalue weighted by atomic mass is 79.9. The van der Waals surface area contributed by atoms with Gasteiger partial charge in [-0.05, 0) is 82.2 Å². The van der Waals surface area contributed by atoms with E-state index < -0.39 is 10.0 Å². The molecule has 0 unspecified atom stereocenters. The number of hydrogen-bond acceptors (Lipinski definition) is 5. The molecule has 1 heterocycles. The van der Waals surface area contributed by atoms with Gasteiger partial charge >= 0.3 is 0 Å². The molecule has 0 amide bonds. The molecular weight excluding hydrogens is 386 g/mol. The molecule has 0 aromatic carbocycles. The van der Waals surface area contributed by atoms with E-state index in [1.807, 2.05) is 28.2 Å². The summed E-state index contributed by atoms with van der Waals surface area (Å²) < 4.78 is 28.4. The maximum Gasteiger partial charge on any atom is 0.252 e. The van der Waals surface area contributed by atoms with Gasteiger partial charge in [0.25, 0.3) is 10.0 Å². The molecule has 128 valence electrons. The Labute approximate surface area is 147 Å². The Kier molecular flexibility index (Phi) is 8.52. The molecule has 0 radical (unpaired) electrons. The van der Waals surface area contributed by atoms with Gasteiger partial charge in [0, 0.05) is 13.1 Å². The Hall–Kier alpha value is 0.01000. The second-order valence-corrected chi connectivity index (χ2v) is 10.4. The fourth-order valence-electron chi connectivity index (χ4n) is 2.04. The van der Waals surface area contributed by atoms with Crippen LogP contribution in [0.2, 0.25) is 0 Å². The van der Waals surface area contributed by atoms with Crippen LogP contribution in [0.15, 0.2) is 20.1 Å². The number of nitrogens with zero attached hydrogens (tertiary/aromatic N) is 3. The van der Waals surface area contributed by atoms with Crippen LogP contribution in [-0.2, 0) is 10.0 Å². The molecule has 0 bridgehead atoms. The van der Waals surface area contributed by atoms with Crippen molar-refractivity contribution in [3.05, 3.63) is 15.9 Å². The lowest BCUT2D eigenvalue weighted by molar-refractivity contribution is 0.327. The third kappa shape index (κ3) is 6.64. The van der Waals surface area contributed by atoms with E-state index in [1.54, 1.807) is 16.4 Å². The first-order valence-electron chi connectivity index (χ1n) is 7.28. The first kappa shape index (κ1) is 20.1. The summed E-state index contributed by atoms with van der Waals surface area (Å²) in [6.45, 7) is 2.88. The van der Waals surface area contributed by atoms with E-state index in [9.17, 15) is 8.42 Å². The molecule has 0 aliphatic rings. The number of rotatable bonds is 10. The molecule has 0 aliphatic heterocycles. The highest BCUT2D eigenvalue weighted by molar-refractivity contribution is 9.11. The zero-order valence-electron chi connectivity index (χ0n) is 13.7. The van der Waals surface area contributed by atoms with E-state index >= 15 is 0 Å². The summed E-state index contributed by atoms with van der Waals surface area (Å²) in [5.41, 5.74) is 0. The first-order valence-corrected chi connectivity index (χ1v) is 10.3. The highest BCUT2D eigenvalue weighted by Crippen LogP contribution is 2.28. The summed E-state index contributed by atoms with van der Waals surface area (Å²) in [7, 11) is 4.61. The molecule has 1 rings (SSSR count). The molecule has 22 heavy (non-hydrogen) atoms. The van der Waals surface area contributed by atoms with E-state index in [1.165, 1.54) is 11.3 Å². The van der Waals surface area contributed by atoms with Crippen LogP contribution < -0.4 is 0 Å². The second kappa shape index (κ2) is 9.34. The fraction of sp³-hybridized carbons (Fsp3) is 0.714. The van der Waals surface area contributed by atoms with E-state index in [-0.39, 0.29) is 0 Å². The van der Waals surface area contributed by atoms with Crippen LogP contribution in [0.5, 0.6) is 0 Å². The van der Waals surface area contributed by atoms with Gasteiger partial charge in [-0.1, -0.05) is 0 Å². The fourth-order valence-corrected chi connectivity index (χ4v) is 5.72. The molecule has 0 spiro atoms. The summed E-state index contributed by atoms with van der Waals surface area (Å²) in [5.74, 6) is 0. The molecule has 0 saturated heterocycles. The second-order valence-electron chi connectivity index (χ2n) is 5.78. The number of thiophene rings is 1.